The Labute approximate surface area is 168 Å². The van der Waals surface area contributed by atoms with Gasteiger partial charge in [-0.1, -0.05) is 41.5 Å². The van der Waals surface area contributed by atoms with Crippen LogP contribution in [0.2, 0.25) is 36.3 Å². The molecule has 0 radical (unpaired) electrons. The third-order valence-corrected chi connectivity index (χ3v) is 15.1. The Morgan fingerprint density at radius 3 is 1.96 bits per heavy atom. The van der Waals surface area contributed by atoms with Crippen LogP contribution in [0.4, 0.5) is 0 Å². The van der Waals surface area contributed by atoms with Crippen molar-refractivity contribution in [2.24, 2.45) is 0 Å². The zero-order valence-corrected chi connectivity index (χ0v) is 21.1. The molecule has 0 spiro atoms. The summed E-state index contributed by atoms with van der Waals surface area (Å²) in [4.78, 5) is 11.7. The highest BCUT2D eigenvalue weighted by molar-refractivity contribution is 6.74. The summed E-state index contributed by atoms with van der Waals surface area (Å²) in [7, 11) is -3.97. The summed E-state index contributed by atoms with van der Waals surface area (Å²) in [6, 6.07) is 0. The van der Waals surface area contributed by atoms with Gasteiger partial charge >= 0.3 is 5.97 Å². The molecule has 0 bridgehead atoms. The second-order valence-corrected chi connectivity index (χ2v) is 20.1. The predicted octanol–water partition coefficient (Wildman–Crippen LogP) is 5.24. The first-order chi connectivity index (χ1) is 12.0. The molecule has 158 valence electrons. The van der Waals surface area contributed by atoms with E-state index in [1.165, 1.54) is 6.92 Å². The summed E-state index contributed by atoms with van der Waals surface area (Å²) in [5, 5.41) is 0.165. The van der Waals surface area contributed by atoms with Gasteiger partial charge in [0, 0.05) is 6.92 Å². The van der Waals surface area contributed by atoms with E-state index in [1.807, 2.05) is 6.08 Å². The summed E-state index contributed by atoms with van der Waals surface area (Å²) in [6.07, 6.45) is 2.32. The van der Waals surface area contributed by atoms with Gasteiger partial charge in [-0.05, 0) is 42.3 Å². The molecule has 1 heterocycles. The normalized spacial score (nSPS) is 24.5. The molecular formula is C20H40O5Si2. The number of ether oxygens (including phenoxy) is 2. The fraction of sp³-hybridized carbons (Fsp3) is 0.850. The zero-order valence-electron chi connectivity index (χ0n) is 19.1. The quantitative estimate of drug-likeness (QED) is 0.437. The highest BCUT2D eigenvalue weighted by Gasteiger charge is 2.45. The molecule has 7 heteroatoms. The second-order valence-electron chi connectivity index (χ2n) is 10.5. The van der Waals surface area contributed by atoms with E-state index in [0.29, 0.717) is 6.61 Å². The Kier molecular flexibility index (Phi) is 7.58. The molecule has 0 aromatic carbocycles. The van der Waals surface area contributed by atoms with Crippen LogP contribution in [0.3, 0.4) is 0 Å². The van der Waals surface area contributed by atoms with Crippen LogP contribution < -0.4 is 0 Å². The van der Waals surface area contributed by atoms with E-state index in [1.54, 1.807) is 6.26 Å². The molecule has 3 atom stereocenters. The lowest BCUT2D eigenvalue weighted by atomic mass is 10.1. The molecule has 1 aliphatic heterocycles. The maximum absolute atomic E-state index is 11.7. The standard InChI is InChI=1S/C20H40O5Si2/c1-15(21)24-18-16(25-27(10,11)20(5,6)7)12-13-22-17(18)14-23-26(8,9)19(2,3)4/h12-13,16-18H,14H2,1-11H3. The van der Waals surface area contributed by atoms with Crippen LogP contribution >= 0.6 is 0 Å². The van der Waals surface area contributed by atoms with Gasteiger partial charge in [0.25, 0.3) is 0 Å². The van der Waals surface area contributed by atoms with Crippen LogP contribution in [0, 0.1) is 0 Å². The summed E-state index contributed by atoms with van der Waals surface area (Å²) in [6.45, 7) is 23.8. The van der Waals surface area contributed by atoms with Crippen molar-refractivity contribution >= 4 is 22.6 Å². The predicted molar refractivity (Wildman–Crippen MR) is 115 cm³/mol. The Morgan fingerprint density at radius 1 is 1.00 bits per heavy atom. The minimum absolute atomic E-state index is 0.0626. The van der Waals surface area contributed by atoms with Crippen molar-refractivity contribution in [3.05, 3.63) is 12.3 Å². The van der Waals surface area contributed by atoms with Crippen LogP contribution in [0.25, 0.3) is 0 Å². The van der Waals surface area contributed by atoms with Crippen molar-refractivity contribution in [1.29, 1.82) is 0 Å². The highest BCUT2D eigenvalue weighted by atomic mass is 28.4. The Balaban J connectivity index is 2.99. The van der Waals surface area contributed by atoms with Crippen LogP contribution in [0.15, 0.2) is 12.3 Å². The molecule has 1 rings (SSSR count). The first-order valence-electron chi connectivity index (χ1n) is 9.79. The maximum atomic E-state index is 11.7. The molecule has 3 unspecified atom stereocenters. The molecule has 0 saturated carbocycles. The average Bonchev–Trinajstić information content (AvgIpc) is 2.44. The van der Waals surface area contributed by atoms with Crippen molar-refractivity contribution in [3.8, 4) is 0 Å². The lowest BCUT2D eigenvalue weighted by Gasteiger charge is -2.43. The fourth-order valence-electron chi connectivity index (χ4n) is 2.22. The third kappa shape index (κ3) is 6.44. The van der Waals surface area contributed by atoms with Crippen molar-refractivity contribution in [3.63, 3.8) is 0 Å². The Morgan fingerprint density at radius 2 is 1.52 bits per heavy atom. The van der Waals surface area contributed by atoms with Gasteiger partial charge in [0.05, 0.1) is 12.9 Å². The van der Waals surface area contributed by atoms with Gasteiger partial charge in [-0.25, -0.2) is 0 Å². The number of hydrogen-bond donors (Lipinski definition) is 0. The molecule has 27 heavy (non-hydrogen) atoms. The number of esters is 1. The van der Waals surface area contributed by atoms with Crippen LogP contribution in [0.5, 0.6) is 0 Å². The number of carbonyl (C=O) groups is 1. The molecule has 5 nitrogen and oxygen atoms in total. The first-order valence-corrected chi connectivity index (χ1v) is 15.6. The third-order valence-electron chi connectivity index (χ3n) is 6.17. The first kappa shape index (κ1) is 24.4. The molecule has 0 amide bonds. The largest absolute Gasteiger partial charge is 0.492 e. The number of rotatable bonds is 6. The van der Waals surface area contributed by atoms with Crippen molar-refractivity contribution in [2.75, 3.05) is 6.61 Å². The van der Waals surface area contributed by atoms with Gasteiger partial charge in [0.15, 0.2) is 28.8 Å². The summed E-state index contributed by atoms with van der Waals surface area (Å²) in [5.74, 6) is -0.333. The second kappa shape index (κ2) is 8.39. The van der Waals surface area contributed by atoms with Crippen molar-refractivity contribution in [2.45, 2.75) is 103 Å². The van der Waals surface area contributed by atoms with Crippen LogP contribution in [-0.4, -0.2) is 47.5 Å². The van der Waals surface area contributed by atoms with Crippen LogP contribution in [-0.2, 0) is 23.1 Å². The van der Waals surface area contributed by atoms with E-state index in [2.05, 4.69) is 67.7 Å². The van der Waals surface area contributed by atoms with Gasteiger partial charge < -0.3 is 18.3 Å². The number of carbonyl (C=O) groups excluding carboxylic acids is 1. The SMILES string of the molecule is CC(=O)OC1C(O[Si](C)(C)C(C)(C)C)C=COC1CO[Si](C)(C)C(C)(C)C. The van der Waals surface area contributed by atoms with Gasteiger partial charge in [-0.15, -0.1) is 0 Å². The molecular weight excluding hydrogens is 376 g/mol. The molecule has 0 saturated heterocycles. The van der Waals surface area contributed by atoms with Crippen LogP contribution in [0.1, 0.15) is 48.5 Å². The van der Waals surface area contributed by atoms with Gasteiger partial charge in [0.1, 0.15) is 6.10 Å². The smallest absolute Gasteiger partial charge is 0.303 e. The monoisotopic (exact) mass is 416 g/mol. The van der Waals surface area contributed by atoms with E-state index < -0.39 is 22.7 Å². The summed E-state index contributed by atoms with van der Waals surface area (Å²) in [5.41, 5.74) is 0. The average molecular weight is 417 g/mol. The lowest BCUT2D eigenvalue weighted by molar-refractivity contribution is -0.163. The summed E-state index contributed by atoms with van der Waals surface area (Å²) < 4.78 is 24.3. The van der Waals surface area contributed by atoms with Gasteiger partial charge in [-0.2, -0.15) is 0 Å². The minimum atomic E-state index is -2.03. The minimum Gasteiger partial charge on any atom is -0.492 e. The van der Waals surface area contributed by atoms with Gasteiger partial charge in [-0.3, -0.25) is 4.79 Å². The molecule has 0 fully saturated rings. The van der Waals surface area contributed by atoms with Gasteiger partial charge in [0.2, 0.25) is 0 Å². The molecule has 0 N–H and O–H groups in total. The molecule has 1 aliphatic rings. The molecule has 0 aromatic rings. The van der Waals surface area contributed by atoms with Crippen molar-refractivity contribution in [1.82, 2.24) is 0 Å². The topological polar surface area (TPSA) is 54.0 Å². The van der Waals surface area contributed by atoms with E-state index in [0.717, 1.165) is 0 Å². The van der Waals surface area contributed by atoms with Crippen molar-refractivity contribution < 1.29 is 23.1 Å². The number of hydrogen-bond acceptors (Lipinski definition) is 5. The highest BCUT2D eigenvalue weighted by Crippen LogP contribution is 2.39. The Hall–Kier alpha value is -0.636. The molecule has 0 aromatic heterocycles. The van der Waals surface area contributed by atoms with E-state index in [9.17, 15) is 4.79 Å². The fourth-order valence-corrected chi connectivity index (χ4v) is 4.48. The van der Waals surface area contributed by atoms with E-state index in [-0.39, 0.29) is 28.3 Å². The maximum Gasteiger partial charge on any atom is 0.303 e. The van der Waals surface area contributed by atoms with E-state index >= 15 is 0 Å². The molecule has 0 aliphatic carbocycles. The lowest BCUT2D eigenvalue weighted by Crippen LogP contribution is -2.54. The zero-order chi connectivity index (χ0) is 21.3. The van der Waals surface area contributed by atoms with E-state index in [4.69, 9.17) is 18.3 Å². The summed E-state index contributed by atoms with van der Waals surface area (Å²) >= 11 is 0. The Bertz CT molecular complexity index is 544.